The van der Waals surface area contributed by atoms with Crippen molar-refractivity contribution in [3.63, 3.8) is 0 Å². The van der Waals surface area contributed by atoms with Crippen LogP contribution in [0.5, 0.6) is 0 Å². The van der Waals surface area contributed by atoms with Gasteiger partial charge in [0.25, 0.3) is 0 Å². The Kier molecular flexibility index (Phi) is 5.74. The highest BCUT2D eigenvalue weighted by Gasteiger charge is 2.29. The van der Waals surface area contributed by atoms with E-state index < -0.39 is 0 Å². The van der Waals surface area contributed by atoms with Gasteiger partial charge in [-0.25, -0.2) is 9.67 Å². The summed E-state index contributed by atoms with van der Waals surface area (Å²) in [5.41, 5.74) is 2.03. The van der Waals surface area contributed by atoms with E-state index in [0.717, 1.165) is 24.3 Å². The molecule has 1 amide bonds. The molecule has 0 spiro atoms. The smallest absolute Gasteiger partial charge is 0.223 e. The summed E-state index contributed by atoms with van der Waals surface area (Å²) >= 11 is 0. The predicted molar refractivity (Wildman–Crippen MR) is 90.7 cm³/mol. The van der Waals surface area contributed by atoms with Crippen LogP contribution in [0.25, 0.3) is 5.69 Å². The molecule has 0 saturated carbocycles. The summed E-state index contributed by atoms with van der Waals surface area (Å²) in [7, 11) is 0. The van der Waals surface area contributed by atoms with Crippen molar-refractivity contribution in [3.8, 4) is 5.69 Å². The zero-order valence-corrected chi connectivity index (χ0v) is 14.1. The Labute approximate surface area is 142 Å². The van der Waals surface area contributed by atoms with Crippen molar-refractivity contribution in [1.29, 1.82) is 0 Å². The summed E-state index contributed by atoms with van der Waals surface area (Å²) in [4.78, 5) is 16.2. The van der Waals surface area contributed by atoms with Gasteiger partial charge in [0.1, 0.15) is 12.7 Å². The average molecular weight is 336 g/mol. The first-order valence-corrected chi connectivity index (χ1v) is 7.61. The Morgan fingerprint density at radius 2 is 2.00 bits per heavy atom. The number of aromatic nitrogens is 3. The fourth-order valence-corrected chi connectivity index (χ4v) is 2.56. The van der Waals surface area contributed by atoms with Crippen LogP contribution in [0.3, 0.4) is 0 Å². The van der Waals surface area contributed by atoms with E-state index in [0.29, 0.717) is 5.92 Å². The van der Waals surface area contributed by atoms with E-state index in [4.69, 9.17) is 0 Å². The highest BCUT2D eigenvalue weighted by atomic mass is 35.5. The van der Waals surface area contributed by atoms with Gasteiger partial charge in [0, 0.05) is 5.92 Å². The number of carbonyl (C=O) groups excluding carboxylic acids is 1. The summed E-state index contributed by atoms with van der Waals surface area (Å²) in [5.74, 6) is 0.638. The number of rotatable bonds is 5. The minimum Gasteiger partial charge on any atom is -0.349 e. The number of hydrogen-bond donors (Lipinski definition) is 2. The molecule has 1 aromatic heterocycles. The molecule has 1 saturated heterocycles. The van der Waals surface area contributed by atoms with Crippen molar-refractivity contribution in [2.75, 3.05) is 13.1 Å². The van der Waals surface area contributed by atoms with Crippen molar-refractivity contribution in [2.24, 2.45) is 11.8 Å². The number of nitrogens with zero attached hydrogens (tertiary/aromatic N) is 3. The third kappa shape index (κ3) is 3.89. The maximum Gasteiger partial charge on any atom is 0.223 e. The lowest BCUT2D eigenvalue weighted by Gasteiger charge is -2.32. The molecular weight excluding hydrogens is 314 g/mol. The van der Waals surface area contributed by atoms with Gasteiger partial charge >= 0.3 is 0 Å². The van der Waals surface area contributed by atoms with Crippen LogP contribution in [0.2, 0.25) is 0 Å². The highest BCUT2D eigenvalue weighted by Crippen LogP contribution is 2.19. The van der Waals surface area contributed by atoms with Gasteiger partial charge in [-0.3, -0.25) is 4.79 Å². The molecule has 2 unspecified atom stereocenters. The van der Waals surface area contributed by atoms with Gasteiger partial charge in [0.05, 0.1) is 11.7 Å². The summed E-state index contributed by atoms with van der Waals surface area (Å²) in [6.07, 6.45) is 3.17. The first-order valence-electron chi connectivity index (χ1n) is 7.61. The van der Waals surface area contributed by atoms with Gasteiger partial charge in [-0.15, -0.1) is 12.4 Å². The first kappa shape index (κ1) is 17.4. The standard InChI is InChI=1S/C16H21N5O.ClH/c1-11(14-7-17-8-14)16(22)20-12(2)13-3-5-15(6-4-13)21-10-18-9-19-21;/h3-6,9-12,14,17H,7-8H2,1-2H3,(H,20,22);1H. The number of carbonyl (C=O) groups is 1. The Balaban J connectivity index is 0.00000192. The van der Waals surface area contributed by atoms with E-state index >= 15 is 0 Å². The topological polar surface area (TPSA) is 71.8 Å². The van der Waals surface area contributed by atoms with Crippen LogP contribution in [-0.2, 0) is 4.79 Å². The Bertz CT molecular complexity index is 624. The quantitative estimate of drug-likeness (QED) is 0.872. The zero-order chi connectivity index (χ0) is 15.5. The minimum atomic E-state index is -0.00668. The molecule has 6 nitrogen and oxygen atoms in total. The number of halogens is 1. The second kappa shape index (κ2) is 7.57. The second-order valence-corrected chi connectivity index (χ2v) is 5.87. The Morgan fingerprint density at radius 3 is 2.52 bits per heavy atom. The molecule has 0 aliphatic carbocycles. The van der Waals surface area contributed by atoms with Gasteiger partial charge in [-0.1, -0.05) is 19.1 Å². The van der Waals surface area contributed by atoms with E-state index in [2.05, 4.69) is 20.7 Å². The maximum absolute atomic E-state index is 12.3. The third-order valence-electron chi connectivity index (χ3n) is 4.37. The van der Waals surface area contributed by atoms with E-state index in [1.165, 1.54) is 6.33 Å². The number of hydrogen-bond acceptors (Lipinski definition) is 4. The first-order chi connectivity index (χ1) is 10.6. The summed E-state index contributed by atoms with van der Waals surface area (Å²) in [5, 5.41) is 10.4. The van der Waals surface area contributed by atoms with Gasteiger partial charge in [0.2, 0.25) is 5.91 Å². The molecule has 2 aromatic rings. The fraction of sp³-hybridized carbons (Fsp3) is 0.438. The van der Waals surface area contributed by atoms with Crippen LogP contribution in [-0.4, -0.2) is 33.8 Å². The SMILES string of the molecule is CC(NC(=O)C(C)C1CNC1)c1ccc(-n2cncn2)cc1.Cl. The molecule has 0 radical (unpaired) electrons. The van der Waals surface area contributed by atoms with Crippen LogP contribution in [0.15, 0.2) is 36.9 Å². The van der Waals surface area contributed by atoms with Crippen molar-refractivity contribution in [1.82, 2.24) is 25.4 Å². The van der Waals surface area contributed by atoms with E-state index in [9.17, 15) is 4.79 Å². The van der Waals surface area contributed by atoms with Crippen LogP contribution in [0.4, 0.5) is 0 Å². The lowest BCUT2D eigenvalue weighted by Crippen LogP contribution is -2.49. The molecular formula is C16H22ClN5O. The van der Waals surface area contributed by atoms with Gasteiger partial charge in [0.15, 0.2) is 0 Å². The Morgan fingerprint density at radius 1 is 1.30 bits per heavy atom. The summed E-state index contributed by atoms with van der Waals surface area (Å²) in [6, 6.07) is 7.97. The maximum atomic E-state index is 12.3. The monoisotopic (exact) mass is 335 g/mol. The van der Waals surface area contributed by atoms with Crippen molar-refractivity contribution in [3.05, 3.63) is 42.5 Å². The van der Waals surface area contributed by atoms with Crippen molar-refractivity contribution >= 4 is 18.3 Å². The third-order valence-corrected chi connectivity index (χ3v) is 4.37. The zero-order valence-electron chi connectivity index (χ0n) is 13.3. The van der Waals surface area contributed by atoms with Gasteiger partial charge < -0.3 is 10.6 Å². The van der Waals surface area contributed by atoms with E-state index in [-0.39, 0.29) is 30.3 Å². The molecule has 2 N–H and O–H groups in total. The molecule has 23 heavy (non-hydrogen) atoms. The lowest BCUT2D eigenvalue weighted by atomic mass is 9.88. The molecule has 2 heterocycles. The number of benzene rings is 1. The molecule has 1 aliphatic heterocycles. The molecule has 3 rings (SSSR count). The summed E-state index contributed by atoms with van der Waals surface area (Å²) < 4.78 is 1.71. The highest BCUT2D eigenvalue weighted by molar-refractivity contribution is 5.85. The van der Waals surface area contributed by atoms with E-state index in [1.54, 1.807) is 11.0 Å². The van der Waals surface area contributed by atoms with Gasteiger partial charge in [-0.2, -0.15) is 5.10 Å². The normalized spacial score (nSPS) is 16.8. The average Bonchev–Trinajstić information content (AvgIpc) is 2.99. The minimum absolute atomic E-state index is 0. The molecule has 124 valence electrons. The largest absolute Gasteiger partial charge is 0.349 e. The lowest BCUT2D eigenvalue weighted by molar-refractivity contribution is -0.127. The fourth-order valence-electron chi connectivity index (χ4n) is 2.56. The Hall–Kier alpha value is -1.92. The second-order valence-electron chi connectivity index (χ2n) is 5.87. The molecule has 1 fully saturated rings. The molecule has 0 bridgehead atoms. The number of nitrogens with one attached hydrogen (secondary N) is 2. The van der Waals surface area contributed by atoms with Crippen LogP contribution in [0, 0.1) is 11.8 Å². The van der Waals surface area contributed by atoms with Crippen molar-refractivity contribution < 1.29 is 4.79 Å². The molecule has 1 aromatic carbocycles. The molecule has 1 aliphatic rings. The van der Waals surface area contributed by atoms with Crippen LogP contribution < -0.4 is 10.6 Å². The van der Waals surface area contributed by atoms with Crippen LogP contribution in [0.1, 0.15) is 25.5 Å². The molecule has 2 atom stereocenters. The van der Waals surface area contributed by atoms with Crippen LogP contribution >= 0.6 is 12.4 Å². The van der Waals surface area contributed by atoms with E-state index in [1.807, 2.05) is 38.1 Å². The predicted octanol–water partition coefficient (Wildman–Crippen LogP) is 1.72. The number of amides is 1. The summed E-state index contributed by atoms with van der Waals surface area (Å²) in [6.45, 7) is 5.89. The van der Waals surface area contributed by atoms with Crippen molar-refractivity contribution in [2.45, 2.75) is 19.9 Å². The molecule has 7 heteroatoms. The van der Waals surface area contributed by atoms with Gasteiger partial charge in [-0.05, 0) is 43.6 Å².